The Labute approximate surface area is 115 Å². The van der Waals surface area contributed by atoms with Gasteiger partial charge >= 0.3 is 0 Å². The molecule has 0 aromatic heterocycles. The second-order valence-corrected chi connectivity index (χ2v) is 7.37. The third kappa shape index (κ3) is 3.28. The number of anilines is 1. The minimum Gasteiger partial charge on any atom is -0.382 e. The van der Waals surface area contributed by atoms with Crippen molar-refractivity contribution in [2.45, 2.75) is 44.6 Å². The lowest BCUT2D eigenvalue weighted by molar-refractivity contribution is 0.212. The average Bonchev–Trinajstić information content (AvgIpc) is 2.22. The normalized spacial score (nSPS) is 23.2. The molecule has 1 aromatic rings. The molecule has 5 heteroatoms. The molecule has 1 aliphatic carbocycles. The summed E-state index contributed by atoms with van der Waals surface area (Å²) in [6.07, 6.45) is 2.30. The lowest BCUT2D eigenvalue weighted by atomic mass is 9.73. The molecule has 0 saturated heterocycles. The second kappa shape index (κ2) is 5.13. The Bertz CT molecular complexity index is 561. The van der Waals surface area contributed by atoms with E-state index in [1.165, 1.54) is 0 Å². The predicted octanol–water partition coefficient (Wildman–Crippen LogP) is 2.49. The van der Waals surface area contributed by atoms with Gasteiger partial charge in [-0.05, 0) is 49.3 Å². The first-order chi connectivity index (χ1) is 8.77. The fraction of sp³-hybridized carbons (Fsp3) is 0.571. The molecular formula is C14H22N2O2S. The number of nitrogens with one attached hydrogen (secondary N) is 1. The Balaban J connectivity index is 2.07. The van der Waals surface area contributed by atoms with Gasteiger partial charge in [0.15, 0.2) is 0 Å². The molecule has 1 aromatic carbocycles. The van der Waals surface area contributed by atoms with Crippen LogP contribution >= 0.6 is 0 Å². The number of rotatable bonds is 4. The van der Waals surface area contributed by atoms with E-state index in [2.05, 4.69) is 19.2 Å². The Hall–Kier alpha value is -1.07. The molecule has 1 aliphatic rings. The molecule has 3 N–H and O–H groups in total. The summed E-state index contributed by atoms with van der Waals surface area (Å²) in [6, 6.07) is 5.78. The van der Waals surface area contributed by atoms with Crippen molar-refractivity contribution in [3.8, 4) is 0 Å². The first-order valence-corrected chi connectivity index (χ1v) is 8.22. The summed E-state index contributed by atoms with van der Waals surface area (Å²) >= 11 is 0. The van der Waals surface area contributed by atoms with Gasteiger partial charge in [0, 0.05) is 11.7 Å². The van der Waals surface area contributed by atoms with Crippen molar-refractivity contribution in [3.05, 3.63) is 23.8 Å². The summed E-state index contributed by atoms with van der Waals surface area (Å²) in [6.45, 7) is 6.24. The van der Waals surface area contributed by atoms with Gasteiger partial charge in [-0.2, -0.15) is 0 Å². The van der Waals surface area contributed by atoms with E-state index < -0.39 is 10.0 Å². The topological polar surface area (TPSA) is 72.2 Å². The molecule has 0 heterocycles. The monoisotopic (exact) mass is 282 g/mol. The van der Waals surface area contributed by atoms with Gasteiger partial charge in [-0.1, -0.05) is 19.9 Å². The maximum atomic E-state index is 11.5. The van der Waals surface area contributed by atoms with Crippen LogP contribution in [0.25, 0.3) is 0 Å². The van der Waals surface area contributed by atoms with Gasteiger partial charge in [0.25, 0.3) is 0 Å². The van der Waals surface area contributed by atoms with E-state index >= 15 is 0 Å². The van der Waals surface area contributed by atoms with Gasteiger partial charge in [-0.25, -0.2) is 13.6 Å². The van der Waals surface area contributed by atoms with Gasteiger partial charge < -0.3 is 5.32 Å². The lowest BCUT2D eigenvalue weighted by Gasteiger charge is -2.39. The van der Waals surface area contributed by atoms with Gasteiger partial charge in [0.2, 0.25) is 10.0 Å². The minimum atomic E-state index is -3.64. The Kier molecular flexibility index (Phi) is 3.87. The van der Waals surface area contributed by atoms with Crippen LogP contribution in [0.15, 0.2) is 23.1 Å². The fourth-order valence-electron chi connectivity index (χ4n) is 2.56. The van der Waals surface area contributed by atoms with E-state index in [0.29, 0.717) is 11.6 Å². The largest absolute Gasteiger partial charge is 0.382 e. The van der Waals surface area contributed by atoms with E-state index in [0.717, 1.165) is 30.4 Å². The highest BCUT2D eigenvalue weighted by molar-refractivity contribution is 7.89. The van der Waals surface area contributed by atoms with E-state index in [1.54, 1.807) is 19.1 Å². The summed E-state index contributed by atoms with van der Waals surface area (Å²) in [5.41, 5.74) is 1.52. The van der Waals surface area contributed by atoms with Crippen molar-refractivity contribution < 1.29 is 8.42 Å². The van der Waals surface area contributed by atoms with Gasteiger partial charge in [0.1, 0.15) is 0 Å². The highest BCUT2D eigenvalue weighted by atomic mass is 32.2. The van der Waals surface area contributed by atoms with Crippen LogP contribution in [-0.2, 0) is 10.0 Å². The average molecular weight is 282 g/mol. The molecule has 1 fully saturated rings. The molecule has 0 amide bonds. The Morgan fingerprint density at radius 2 is 1.95 bits per heavy atom. The van der Waals surface area contributed by atoms with Crippen LogP contribution in [0.2, 0.25) is 0 Å². The van der Waals surface area contributed by atoms with Crippen LogP contribution in [0.5, 0.6) is 0 Å². The molecule has 19 heavy (non-hydrogen) atoms. The summed E-state index contributed by atoms with van der Waals surface area (Å²) in [7, 11) is -3.64. The maximum absolute atomic E-state index is 11.5. The van der Waals surface area contributed by atoms with Crippen molar-refractivity contribution in [2.75, 3.05) is 5.32 Å². The first-order valence-electron chi connectivity index (χ1n) is 6.67. The second-order valence-electron chi connectivity index (χ2n) is 5.84. The van der Waals surface area contributed by atoms with Crippen LogP contribution in [-0.4, -0.2) is 14.5 Å². The van der Waals surface area contributed by atoms with Crippen molar-refractivity contribution in [2.24, 2.45) is 17.0 Å². The predicted molar refractivity (Wildman–Crippen MR) is 77.5 cm³/mol. The van der Waals surface area contributed by atoms with E-state index in [9.17, 15) is 8.42 Å². The zero-order valence-electron chi connectivity index (χ0n) is 11.7. The number of benzene rings is 1. The molecule has 0 spiro atoms. The van der Waals surface area contributed by atoms with Gasteiger partial charge in [-0.15, -0.1) is 0 Å². The Morgan fingerprint density at radius 1 is 1.32 bits per heavy atom. The maximum Gasteiger partial charge on any atom is 0.238 e. The van der Waals surface area contributed by atoms with Crippen molar-refractivity contribution in [1.82, 2.24) is 0 Å². The number of primary sulfonamides is 1. The molecule has 0 aliphatic heterocycles. The highest BCUT2D eigenvalue weighted by Crippen LogP contribution is 2.35. The van der Waals surface area contributed by atoms with Crippen molar-refractivity contribution in [3.63, 3.8) is 0 Å². The molecular weight excluding hydrogens is 260 g/mol. The van der Waals surface area contributed by atoms with E-state index in [-0.39, 0.29) is 4.90 Å². The van der Waals surface area contributed by atoms with E-state index in [4.69, 9.17) is 5.14 Å². The zero-order valence-corrected chi connectivity index (χ0v) is 12.5. The fourth-order valence-corrected chi connectivity index (χ4v) is 3.36. The third-order valence-electron chi connectivity index (χ3n) is 3.98. The molecule has 2 rings (SSSR count). The smallest absolute Gasteiger partial charge is 0.238 e. The summed E-state index contributed by atoms with van der Waals surface area (Å²) in [5, 5.41) is 8.59. The van der Waals surface area contributed by atoms with Crippen molar-refractivity contribution >= 4 is 15.7 Å². The standard InChI is InChI=1S/C14H22N2O2S/c1-9(2)11-6-13(7-11)16-12-5-4-10(3)14(8-12)19(15,17)18/h4-5,8-9,11,13,16H,6-7H2,1-3H3,(H2,15,17,18). The third-order valence-corrected chi connectivity index (χ3v) is 5.04. The van der Waals surface area contributed by atoms with Crippen LogP contribution in [0.4, 0.5) is 5.69 Å². The molecule has 0 bridgehead atoms. The zero-order chi connectivity index (χ0) is 14.2. The molecule has 106 valence electrons. The Morgan fingerprint density at radius 3 is 2.47 bits per heavy atom. The molecule has 0 atom stereocenters. The SMILES string of the molecule is Cc1ccc(NC2CC(C(C)C)C2)cc1S(N)(=O)=O. The first kappa shape index (κ1) is 14.3. The number of nitrogens with two attached hydrogens (primary N) is 1. The van der Waals surface area contributed by atoms with Crippen LogP contribution in [0, 0.1) is 18.8 Å². The quantitative estimate of drug-likeness (QED) is 0.891. The lowest BCUT2D eigenvalue weighted by Crippen LogP contribution is -2.37. The number of hydrogen-bond donors (Lipinski definition) is 2. The summed E-state index contributed by atoms with van der Waals surface area (Å²) in [4.78, 5) is 0.206. The van der Waals surface area contributed by atoms with E-state index in [1.807, 2.05) is 6.07 Å². The number of aryl methyl sites for hydroxylation is 1. The summed E-state index contributed by atoms with van der Waals surface area (Å²) in [5.74, 6) is 1.50. The minimum absolute atomic E-state index is 0.206. The molecule has 0 radical (unpaired) electrons. The highest BCUT2D eigenvalue weighted by Gasteiger charge is 2.31. The van der Waals surface area contributed by atoms with Gasteiger partial charge in [-0.3, -0.25) is 0 Å². The van der Waals surface area contributed by atoms with Crippen LogP contribution in [0.1, 0.15) is 32.3 Å². The van der Waals surface area contributed by atoms with Crippen molar-refractivity contribution in [1.29, 1.82) is 0 Å². The van der Waals surface area contributed by atoms with Gasteiger partial charge in [0.05, 0.1) is 4.90 Å². The summed E-state index contributed by atoms with van der Waals surface area (Å²) < 4.78 is 22.9. The number of sulfonamides is 1. The molecule has 0 unspecified atom stereocenters. The molecule has 4 nitrogen and oxygen atoms in total. The molecule has 1 saturated carbocycles. The van der Waals surface area contributed by atoms with Crippen LogP contribution < -0.4 is 10.5 Å². The number of hydrogen-bond acceptors (Lipinski definition) is 3. The van der Waals surface area contributed by atoms with Crippen LogP contribution in [0.3, 0.4) is 0 Å².